The Bertz CT molecular complexity index is 628. The van der Waals surface area contributed by atoms with E-state index in [0.29, 0.717) is 24.9 Å². The lowest BCUT2D eigenvalue weighted by molar-refractivity contribution is -0.187. The fourth-order valence-corrected chi connectivity index (χ4v) is 3.27. The van der Waals surface area contributed by atoms with Crippen molar-refractivity contribution in [2.45, 2.75) is 37.5 Å². The van der Waals surface area contributed by atoms with Crippen molar-refractivity contribution < 1.29 is 36.2 Å². The smallest absolute Gasteiger partial charge is 0.416 e. The summed E-state index contributed by atoms with van der Waals surface area (Å²) < 4.78 is 77.6. The number of carbonyl (C=O) groups is 1. The molecule has 1 saturated heterocycles. The number of benzene rings is 1. The SMILES string of the molecule is O=C(O)C[C@@H](CN1CCC[C@@H](c2cccc(C(F)(F)F)c2)C1)C(F)(F)F. The fraction of sp³-hybridized carbons (Fsp3) is 0.588. The standard InChI is InChI=1S/C17H19F6NO2/c18-16(19,20)13-5-1-3-11(7-13)12-4-2-6-24(9-12)10-14(8-15(25)26)17(21,22)23/h1,3,5,7,12,14H,2,4,6,8-10H2,(H,25,26)/t12-,14+/m1/s1. The van der Waals surface area contributed by atoms with Crippen molar-refractivity contribution in [1.29, 1.82) is 0 Å². The molecule has 1 aromatic carbocycles. The number of hydrogen-bond donors (Lipinski definition) is 1. The monoisotopic (exact) mass is 383 g/mol. The maximum Gasteiger partial charge on any atom is 0.416 e. The molecule has 1 heterocycles. The highest BCUT2D eigenvalue weighted by Crippen LogP contribution is 2.35. The molecule has 1 aromatic rings. The molecule has 1 aliphatic rings. The van der Waals surface area contributed by atoms with Crippen molar-refractivity contribution in [2.75, 3.05) is 19.6 Å². The molecular weight excluding hydrogens is 364 g/mol. The van der Waals surface area contributed by atoms with Crippen molar-refractivity contribution in [3.63, 3.8) is 0 Å². The maximum absolute atomic E-state index is 13.0. The van der Waals surface area contributed by atoms with Gasteiger partial charge in [-0.15, -0.1) is 0 Å². The zero-order valence-corrected chi connectivity index (χ0v) is 13.8. The minimum absolute atomic E-state index is 0.174. The number of carboxylic acids is 1. The number of alkyl halides is 6. The molecular formula is C17H19F6NO2. The number of nitrogens with zero attached hydrogens (tertiary/aromatic N) is 1. The Hall–Kier alpha value is -1.77. The van der Waals surface area contributed by atoms with Gasteiger partial charge in [-0.3, -0.25) is 4.79 Å². The highest BCUT2D eigenvalue weighted by Gasteiger charge is 2.42. The van der Waals surface area contributed by atoms with E-state index in [1.54, 1.807) is 6.07 Å². The molecule has 1 N–H and O–H groups in total. The molecule has 2 rings (SSSR count). The first kappa shape index (κ1) is 20.5. The second-order valence-electron chi connectivity index (χ2n) is 6.56. The summed E-state index contributed by atoms with van der Waals surface area (Å²) in [6.07, 6.45) is -9.02. The molecule has 146 valence electrons. The molecule has 3 nitrogen and oxygen atoms in total. The Morgan fingerprint density at radius 2 is 1.92 bits per heavy atom. The van der Waals surface area contributed by atoms with Crippen LogP contribution in [0.2, 0.25) is 0 Å². The molecule has 0 aromatic heterocycles. The van der Waals surface area contributed by atoms with Gasteiger partial charge in [-0.25, -0.2) is 0 Å². The van der Waals surface area contributed by atoms with E-state index >= 15 is 0 Å². The zero-order valence-electron chi connectivity index (χ0n) is 13.8. The number of aliphatic carboxylic acids is 1. The summed E-state index contributed by atoms with van der Waals surface area (Å²) in [4.78, 5) is 12.2. The van der Waals surface area contributed by atoms with Gasteiger partial charge in [-0.05, 0) is 36.9 Å². The second kappa shape index (κ2) is 7.85. The Morgan fingerprint density at radius 1 is 1.23 bits per heavy atom. The molecule has 0 bridgehead atoms. The van der Waals surface area contributed by atoms with E-state index in [2.05, 4.69) is 0 Å². The van der Waals surface area contributed by atoms with Crippen LogP contribution in [0.5, 0.6) is 0 Å². The van der Waals surface area contributed by atoms with Gasteiger partial charge >= 0.3 is 18.3 Å². The fourth-order valence-electron chi connectivity index (χ4n) is 3.27. The average molecular weight is 383 g/mol. The minimum atomic E-state index is -4.64. The average Bonchev–Trinajstić information content (AvgIpc) is 2.53. The molecule has 1 fully saturated rings. The van der Waals surface area contributed by atoms with E-state index in [9.17, 15) is 31.1 Å². The van der Waals surface area contributed by atoms with Crippen LogP contribution in [-0.4, -0.2) is 41.8 Å². The molecule has 0 saturated carbocycles. The van der Waals surface area contributed by atoms with E-state index in [-0.39, 0.29) is 12.5 Å². The number of hydrogen-bond acceptors (Lipinski definition) is 2. The Morgan fingerprint density at radius 3 is 2.50 bits per heavy atom. The van der Waals surface area contributed by atoms with Crippen molar-refractivity contribution in [3.8, 4) is 0 Å². The van der Waals surface area contributed by atoms with Crippen LogP contribution in [0.4, 0.5) is 26.3 Å². The maximum atomic E-state index is 13.0. The third kappa shape index (κ3) is 5.62. The number of piperidine rings is 1. The van der Waals surface area contributed by atoms with Crippen LogP contribution < -0.4 is 0 Å². The molecule has 2 atom stereocenters. The third-order valence-corrected chi connectivity index (χ3v) is 4.55. The van der Waals surface area contributed by atoms with E-state index in [4.69, 9.17) is 5.11 Å². The first-order chi connectivity index (χ1) is 12.0. The Kier molecular flexibility index (Phi) is 6.21. The summed E-state index contributed by atoms with van der Waals surface area (Å²) in [5.41, 5.74) is -0.350. The van der Waals surface area contributed by atoms with E-state index in [0.717, 1.165) is 12.1 Å². The number of carboxylic acid groups (broad SMARTS) is 1. The molecule has 26 heavy (non-hydrogen) atoms. The first-order valence-corrected chi connectivity index (χ1v) is 8.15. The molecule has 0 aliphatic carbocycles. The molecule has 1 aliphatic heterocycles. The lowest BCUT2D eigenvalue weighted by Gasteiger charge is -2.35. The van der Waals surface area contributed by atoms with Crippen molar-refractivity contribution in [3.05, 3.63) is 35.4 Å². The normalized spacial score (nSPS) is 20.8. The van der Waals surface area contributed by atoms with Gasteiger partial charge in [0.15, 0.2) is 0 Å². The highest BCUT2D eigenvalue weighted by atomic mass is 19.4. The van der Waals surface area contributed by atoms with E-state index in [1.807, 2.05) is 0 Å². The number of likely N-dealkylation sites (tertiary alicyclic amines) is 1. The van der Waals surface area contributed by atoms with Crippen LogP contribution in [-0.2, 0) is 11.0 Å². The quantitative estimate of drug-likeness (QED) is 0.759. The van der Waals surface area contributed by atoms with Crippen molar-refractivity contribution in [2.24, 2.45) is 5.92 Å². The molecule has 0 unspecified atom stereocenters. The van der Waals surface area contributed by atoms with Gasteiger partial charge in [0.2, 0.25) is 0 Å². The predicted molar refractivity (Wildman–Crippen MR) is 81.7 cm³/mol. The largest absolute Gasteiger partial charge is 0.481 e. The number of halogens is 6. The van der Waals surface area contributed by atoms with Crippen LogP contribution in [0.1, 0.15) is 36.3 Å². The number of rotatable bonds is 5. The van der Waals surface area contributed by atoms with Crippen LogP contribution >= 0.6 is 0 Å². The van der Waals surface area contributed by atoms with Crippen LogP contribution in [0, 0.1) is 5.92 Å². The Labute approximate surface area is 146 Å². The summed E-state index contributed by atoms with van der Waals surface area (Å²) >= 11 is 0. The lowest BCUT2D eigenvalue weighted by atomic mass is 9.89. The summed E-state index contributed by atoms with van der Waals surface area (Å²) in [5, 5.41) is 8.69. The summed E-state index contributed by atoms with van der Waals surface area (Å²) in [5.74, 6) is -3.84. The lowest BCUT2D eigenvalue weighted by Crippen LogP contribution is -2.42. The van der Waals surface area contributed by atoms with Gasteiger partial charge in [0.05, 0.1) is 17.9 Å². The van der Waals surface area contributed by atoms with Gasteiger partial charge in [-0.2, -0.15) is 26.3 Å². The predicted octanol–water partition coefficient (Wildman–Crippen LogP) is 4.54. The summed E-state index contributed by atoms with van der Waals surface area (Å²) in [7, 11) is 0. The first-order valence-electron chi connectivity index (χ1n) is 8.15. The topological polar surface area (TPSA) is 40.5 Å². The van der Waals surface area contributed by atoms with Gasteiger partial charge in [0.1, 0.15) is 0 Å². The van der Waals surface area contributed by atoms with Gasteiger partial charge in [0.25, 0.3) is 0 Å². The summed E-state index contributed by atoms with van der Waals surface area (Å²) in [6, 6.07) is 4.82. The van der Waals surface area contributed by atoms with Crippen molar-refractivity contribution >= 4 is 5.97 Å². The molecule has 9 heteroatoms. The third-order valence-electron chi connectivity index (χ3n) is 4.55. The zero-order chi connectivity index (χ0) is 19.5. The van der Waals surface area contributed by atoms with Crippen LogP contribution in [0.15, 0.2) is 24.3 Å². The van der Waals surface area contributed by atoms with Gasteiger partial charge in [0, 0.05) is 13.1 Å². The van der Waals surface area contributed by atoms with Gasteiger partial charge in [-0.1, -0.05) is 18.2 Å². The highest BCUT2D eigenvalue weighted by molar-refractivity contribution is 5.67. The second-order valence-corrected chi connectivity index (χ2v) is 6.56. The van der Waals surface area contributed by atoms with Crippen LogP contribution in [0.3, 0.4) is 0 Å². The van der Waals surface area contributed by atoms with E-state index < -0.39 is 42.8 Å². The van der Waals surface area contributed by atoms with Gasteiger partial charge < -0.3 is 10.0 Å². The molecule has 0 radical (unpaired) electrons. The molecule has 0 spiro atoms. The van der Waals surface area contributed by atoms with E-state index in [1.165, 1.54) is 11.0 Å². The van der Waals surface area contributed by atoms with Crippen LogP contribution in [0.25, 0.3) is 0 Å². The Balaban J connectivity index is 2.10. The molecule has 0 amide bonds. The summed E-state index contributed by atoms with van der Waals surface area (Å²) in [6.45, 7) is 0.0699. The minimum Gasteiger partial charge on any atom is -0.481 e. The van der Waals surface area contributed by atoms with Crippen molar-refractivity contribution in [1.82, 2.24) is 4.90 Å².